The number of hydrogen-bond acceptors (Lipinski definition) is 8. The second kappa shape index (κ2) is 16.8. The maximum atomic E-state index is 13.3. The van der Waals surface area contributed by atoms with E-state index in [0.717, 1.165) is 10.9 Å². The van der Waals surface area contributed by atoms with Crippen LogP contribution in [-0.4, -0.2) is 93.5 Å². The van der Waals surface area contributed by atoms with Crippen LogP contribution in [0.4, 0.5) is 0 Å². The molecule has 0 bridgehead atoms. The number of carboxylic acids is 2. The summed E-state index contributed by atoms with van der Waals surface area (Å²) >= 11 is 1.41. The fourth-order valence-corrected chi connectivity index (χ4v) is 4.57. The summed E-state index contributed by atoms with van der Waals surface area (Å²) in [6.45, 7) is 0.149. The number of guanidine groups is 1. The van der Waals surface area contributed by atoms with Crippen molar-refractivity contribution in [3.05, 3.63) is 36.0 Å². The van der Waals surface area contributed by atoms with Gasteiger partial charge in [-0.2, -0.15) is 11.8 Å². The number of hydrogen-bond donors (Lipinski definition) is 9. The molecule has 4 unspecified atom stereocenters. The van der Waals surface area contributed by atoms with Crippen LogP contribution in [0.2, 0.25) is 0 Å². The first kappa shape index (κ1) is 33.9. The molecule has 2 aromatic rings. The van der Waals surface area contributed by atoms with Crippen molar-refractivity contribution in [3.63, 3.8) is 0 Å². The van der Waals surface area contributed by atoms with Gasteiger partial charge in [-0.1, -0.05) is 18.2 Å². The lowest BCUT2D eigenvalue weighted by Gasteiger charge is -2.25. The first-order valence-corrected chi connectivity index (χ1v) is 14.5. The number of aromatic amines is 1. The Morgan fingerprint density at radius 2 is 1.57 bits per heavy atom. The number of nitrogens with two attached hydrogens (primary N) is 3. The van der Waals surface area contributed by atoms with Crippen molar-refractivity contribution in [1.82, 2.24) is 20.9 Å². The number of aromatic nitrogens is 1. The molecule has 42 heavy (non-hydrogen) atoms. The molecule has 4 atom stereocenters. The van der Waals surface area contributed by atoms with E-state index < -0.39 is 60.2 Å². The molecule has 0 aliphatic rings. The van der Waals surface area contributed by atoms with E-state index in [-0.39, 0.29) is 38.2 Å². The summed E-state index contributed by atoms with van der Waals surface area (Å²) in [5, 5.41) is 27.2. The lowest BCUT2D eigenvalue weighted by molar-refractivity contribution is -0.142. The van der Waals surface area contributed by atoms with Crippen LogP contribution in [0.5, 0.6) is 0 Å². The zero-order valence-electron chi connectivity index (χ0n) is 23.2. The summed E-state index contributed by atoms with van der Waals surface area (Å²) in [7, 11) is 0. The van der Waals surface area contributed by atoms with E-state index in [0.29, 0.717) is 11.3 Å². The van der Waals surface area contributed by atoms with Crippen molar-refractivity contribution >= 4 is 58.3 Å². The fraction of sp³-hybridized carbons (Fsp3) is 0.462. The SMILES string of the molecule is CSCCC(NC(=O)C(N)CC(=O)O)C(=O)NC(CCCN=C(N)N)C(=O)NC(Cc1c[nH]c2ccccc12)C(=O)O. The predicted molar refractivity (Wildman–Crippen MR) is 159 cm³/mol. The second-order valence-electron chi connectivity index (χ2n) is 9.52. The molecule has 0 aliphatic carbocycles. The largest absolute Gasteiger partial charge is 0.481 e. The summed E-state index contributed by atoms with van der Waals surface area (Å²) < 4.78 is 0. The molecule has 0 fully saturated rings. The molecule has 16 heteroatoms. The lowest BCUT2D eigenvalue weighted by atomic mass is 10.0. The third-order valence-electron chi connectivity index (χ3n) is 6.27. The van der Waals surface area contributed by atoms with Gasteiger partial charge in [0.25, 0.3) is 0 Å². The summed E-state index contributed by atoms with van der Waals surface area (Å²) in [5.74, 6) is -4.54. The molecule has 0 saturated heterocycles. The number of rotatable bonds is 18. The van der Waals surface area contributed by atoms with Gasteiger partial charge in [0.1, 0.15) is 18.1 Å². The van der Waals surface area contributed by atoms with Crippen molar-refractivity contribution in [2.45, 2.75) is 56.3 Å². The third kappa shape index (κ3) is 10.9. The minimum Gasteiger partial charge on any atom is -0.481 e. The van der Waals surface area contributed by atoms with E-state index >= 15 is 0 Å². The number of carbonyl (C=O) groups is 5. The van der Waals surface area contributed by atoms with Crippen LogP contribution in [0.15, 0.2) is 35.5 Å². The number of fused-ring (bicyclic) bond motifs is 1. The number of nitrogens with one attached hydrogen (secondary N) is 4. The van der Waals surface area contributed by atoms with Gasteiger partial charge in [0.05, 0.1) is 12.5 Å². The highest BCUT2D eigenvalue weighted by Crippen LogP contribution is 2.19. The Labute approximate surface area is 246 Å². The summed E-state index contributed by atoms with van der Waals surface area (Å²) in [5.41, 5.74) is 17.9. The van der Waals surface area contributed by atoms with Crippen molar-refractivity contribution in [3.8, 4) is 0 Å². The molecule has 2 rings (SSSR count). The molecular weight excluding hydrogens is 568 g/mol. The highest BCUT2D eigenvalue weighted by molar-refractivity contribution is 7.98. The Morgan fingerprint density at radius 1 is 0.952 bits per heavy atom. The van der Waals surface area contributed by atoms with Crippen LogP contribution >= 0.6 is 11.8 Å². The number of thioether (sulfide) groups is 1. The monoisotopic (exact) mass is 606 g/mol. The van der Waals surface area contributed by atoms with Crippen LogP contribution in [0, 0.1) is 0 Å². The van der Waals surface area contributed by atoms with E-state index in [4.69, 9.17) is 22.3 Å². The van der Waals surface area contributed by atoms with Gasteiger partial charge in [-0.3, -0.25) is 24.2 Å². The Balaban J connectivity index is 2.21. The van der Waals surface area contributed by atoms with Gasteiger partial charge in [-0.25, -0.2) is 4.79 Å². The molecule has 3 amide bonds. The zero-order valence-corrected chi connectivity index (χ0v) is 24.0. The average molecular weight is 607 g/mol. The third-order valence-corrected chi connectivity index (χ3v) is 6.91. The maximum Gasteiger partial charge on any atom is 0.326 e. The van der Waals surface area contributed by atoms with Gasteiger partial charge in [0.2, 0.25) is 17.7 Å². The number of aliphatic carboxylic acids is 2. The molecule has 230 valence electrons. The van der Waals surface area contributed by atoms with E-state index in [1.165, 1.54) is 11.8 Å². The highest BCUT2D eigenvalue weighted by atomic mass is 32.2. The number of amides is 3. The first-order valence-electron chi connectivity index (χ1n) is 13.1. The van der Waals surface area contributed by atoms with Crippen molar-refractivity contribution in [1.29, 1.82) is 0 Å². The second-order valence-corrected chi connectivity index (χ2v) is 10.5. The quantitative estimate of drug-likeness (QED) is 0.0556. The number of benzene rings is 1. The van der Waals surface area contributed by atoms with Gasteiger partial charge in [0, 0.05) is 30.1 Å². The number of H-pyrrole nitrogens is 1. The smallest absolute Gasteiger partial charge is 0.326 e. The van der Waals surface area contributed by atoms with E-state index in [1.54, 1.807) is 12.5 Å². The Morgan fingerprint density at radius 3 is 2.19 bits per heavy atom. The number of carboxylic acid groups (broad SMARTS) is 2. The van der Waals surface area contributed by atoms with E-state index in [2.05, 4.69) is 25.9 Å². The topological polar surface area (TPSA) is 268 Å². The van der Waals surface area contributed by atoms with E-state index in [9.17, 15) is 29.1 Å². The standard InChI is InChI=1S/C26H38N8O7S/c1-42-10-8-19(32-22(37)16(27)12-21(35)36)24(39)33-18(7-4-9-30-26(28)29)23(38)34-20(25(40)41)11-14-13-31-17-6-3-2-5-15(14)17/h2-3,5-6,13,16,18-20,31H,4,7-12,27H2,1H3,(H,32,37)(H,33,39)(H,34,38)(H,35,36)(H,40,41)(H4,28,29,30). The molecule has 0 aliphatic heterocycles. The number of carbonyl (C=O) groups excluding carboxylic acids is 3. The normalized spacial score (nSPS) is 13.8. The number of para-hydroxylation sites is 1. The molecule has 0 radical (unpaired) electrons. The van der Waals surface area contributed by atoms with Crippen LogP contribution in [0.3, 0.4) is 0 Å². The maximum absolute atomic E-state index is 13.3. The minimum atomic E-state index is -1.38. The summed E-state index contributed by atoms with van der Waals surface area (Å²) in [6.07, 6.45) is 3.30. The van der Waals surface area contributed by atoms with Crippen LogP contribution < -0.4 is 33.2 Å². The average Bonchev–Trinajstić information content (AvgIpc) is 3.34. The van der Waals surface area contributed by atoms with Crippen LogP contribution in [0.1, 0.15) is 31.2 Å². The Bertz CT molecular complexity index is 1280. The first-order chi connectivity index (χ1) is 19.9. The predicted octanol–water partition coefficient (Wildman–Crippen LogP) is -1.14. The molecule has 12 N–H and O–H groups in total. The fourth-order valence-electron chi connectivity index (χ4n) is 4.10. The Kier molecular flexibility index (Phi) is 13.6. The molecule has 0 spiro atoms. The van der Waals surface area contributed by atoms with Crippen LogP contribution in [0.25, 0.3) is 10.9 Å². The highest BCUT2D eigenvalue weighted by Gasteiger charge is 2.30. The van der Waals surface area contributed by atoms with Crippen molar-refractivity contribution in [2.75, 3.05) is 18.6 Å². The Hall–Kier alpha value is -4.31. The van der Waals surface area contributed by atoms with Gasteiger partial charge in [0.15, 0.2) is 5.96 Å². The molecule has 1 aromatic heterocycles. The van der Waals surface area contributed by atoms with E-state index in [1.807, 2.05) is 24.3 Å². The van der Waals surface area contributed by atoms with Crippen molar-refractivity contribution < 1.29 is 34.2 Å². The zero-order chi connectivity index (χ0) is 31.2. The van der Waals surface area contributed by atoms with Gasteiger partial charge in [-0.15, -0.1) is 0 Å². The number of nitrogens with zero attached hydrogens (tertiary/aromatic N) is 1. The van der Waals surface area contributed by atoms with Crippen molar-refractivity contribution in [2.24, 2.45) is 22.2 Å². The molecule has 15 nitrogen and oxygen atoms in total. The lowest BCUT2D eigenvalue weighted by Crippen LogP contribution is -2.57. The summed E-state index contributed by atoms with van der Waals surface area (Å²) in [4.78, 5) is 69.0. The minimum absolute atomic E-state index is 0.0202. The molecule has 0 saturated carbocycles. The summed E-state index contributed by atoms with van der Waals surface area (Å²) in [6, 6.07) is 2.31. The molecule has 1 aromatic carbocycles. The number of aliphatic imine (C=N–C) groups is 1. The van der Waals surface area contributed by atoms with Gasteiger partial charge >= 0.3 is 11.9 Å². The van der Waals surface area contributed by atoms with Crippen LogP contribution in [-0.2, 0) is 30.4 Å². The van der Waals surface area contributed by atoms with Gasteiger partial charge < -0.3 is 48.3 Å². The van der Waals surface area contributed by atoms with Gasteiger partial charge in [-0.05, 0) is 42.9 Å². The molecule has 1 heterocycles. The molecular formula is C26H38N8O7S.